The van der Waals surface area contributed by atoms with Crippen molar-refractivity contribution in [3.63, 3.8) is 0 Å². The van der Waals surface area contributed by atoms with E-state index >= 15 is 0 Å². The summed E-state index contributed by atoms with van der Waals surface area (Å²) in [6.45, 7) is 6.86. The second-order valence-electron chi connectivity index (χ2n) is 5.21. The van der Waals surface area contributed by atoms with Crippen molar-refractivity contribution in [2.75, 3.05) is 31.7 Å². The molecular formula is C12H23NO4S2. The van der Waals surface area contributed by atoms with Gasteiger partial charge in [0.15, 0.2) is 0 Å². The van der Waals surface area contributed by atoms with Gasteiger partial charge in [0.05, 0.1) is 18.8 Å². The van der Waals surface area contributed by atoms with E-state index in [0.717, 1.165) is 5.75 Å². The molecule has 1 aliphatic heterocycles. The Morgan fingerprint density at radius 2 is 2.05 bits per heavy atom. The van der Waals surface area contributed by atoms with Crippen LogP contribution < -0.4 is 0 Å². The second-order valence-corrected chi connectivity index (χ2v) is 8.57. The predicted molar refractivity (Wildman–Crippen MR) is 77.6 cm³/mol. The lowest BCUT2D eigenvalue weighted by atomic mass is 10.1. The molecule has 0 aromatic heterocycles. The van der Waals surface area contributed by atoms with Crippen molar-refractivity contribution in [2.45, 2.75) is 26.0 Å². The fourth-order valence-corrected chi connectivity index (χ4v) is 5.24. The summed E-state index contributed by atoms with van der Waals surface area (Å²) in [4.78, 5) is 11.3. The number of thioether (sulfide) groups is 1. The van der Waals surface area contributed by atoms with E-state index in [1.165, 1.54) is 11.4 Å². The molecule has 5 nitrogen and oxygen atoms in total. The summed E-state index contributed by atoms with van der Waals surface area (Å²) in [6, 6.07) is 0. The smallest absolute Gasteiger partial charge is 0.309 e. The summed E-state index contributed by atoms with van der Waals surface area (Å²) in [5.74, 6) is -0.0115. The Balaban J connectivity index is 2.69. The van der Waals surface area contributed by atoms with Crippen molar-refractivity contribution >= 4 is 27.8 Å². The maximum Gasteiger partial charge on any atom is 0.309 e. The van der Waals surface area contributed by atoms with Gasteiger partial charge >= 0.3 is 5.97 Å². The van der Waals surface area contributed by atoms with Gasteiger partial charge in [-0.2, -0.15) is 16.1 Å². The van der Waals surface area contributed by atoms with Gasteiger partial charge in [-0.15, -0.1) is 0 Å². The number of sulfonamides is 1. The molecule has 0 saturated carbocycles. The average molecular weight is 309 g/mol. The zero-order chi connectivity index (χ0) is 14.6. The maximum absolute atomic E-state index is 12.3. The Labute approximate surface area is 120 Å². The number of hydrogen-bond acceptors (Lipinski definition) is 5. The molecule has 0 spiro atoms. The number of rotatable bonds is 5. The first kappa shape index (κ1) is 16.8. The molecule has 0 aromatic carbocycles. The number of hydrogen-bond donors (Lipinski definition) is 0. The highest BCUT2D eigenvalue weighted by Gasteiger charge is 2.33. The molecule has 0 N–H and O–H groups in total. The number of ether oxygens (including phenoxy) is 1. The fraction of sp³-hybridized carbons (Fsp3) is 0.917. The first-order valence-corrected chi connectivity index (χ1v) is 9.11. The normalized spacial score (nSPS) is 23.3. The largest absolute Gasteiger partial charge is 0.469 e. The van der Waals surface area contributed by atoms with Crippen LogP contribution in [0.15, 0.2) is 0 Å². The Kier molecular flexibility index (Phi) is 6.14. The van der Waals surface area contributed by atoms with Gasteiger partial charge in [-0.3, -0.25) is 4.79 Å². The average Bonchev–Trinajstić information content (AvgIpc) is 2.37. The van der Waals surface area contributed by atoms with E-state index < -0.39 is 21.9 Å². The van der Waals surface area contributed by atoms with Crippen molar-refractivity contribution in [2.24, 2.45) is 11.8 Å². The molecule has 2 atom stereocenters. The second kappa shape index (κ2) is 6.95. The SMILES string of the molecule is COC(=O)[C@@H](C)CS(=O)(=O)N1CCS[C@@H](C(C)C)C1. The van der Waals surface area contributed by atoms with E-state index in [1.807, 2.05) is 11.8 Å². The molecule has 112 valence electrons. The molecule has 0 aliphatic carbocycles. The minimum absolute atomic E-state index is 0.171. The summed E-state index contributed by atoms with van der Waals surface area (Å²) in [7, 11) is -2.11. The van der Waals surface area contributed by atoms with Crippen LogP contribution in [0.3, 0.4) is 0 Å². The van der Waals surface area contributed by atoms with E-state index in [-0.39, 0.29) is 5.75 Å². The van der Waals surface area contributed by atoms with Gasteiger partial charge in [0.1, 0.15) is 0 Å². The van der Waals surface area contributed by atoms with E-state index in [9.17, 15) is 13.2 Å². The molecule has 0 unspecified atom stereocenters. The zero-order valence-electron chi connectivity index (χ0n) is 12.0. The number of carbonyl (C=O) groups is 1. The fourth-order valence-electron chi connectivity index (χ4n) is 2.00. The van der Waals surface area contributed by atoms with Gasteiger partial charge in [0.25, 0.3) is 0 Å². The van der Waals surface area contributed by atoms with Crippen molar-refractivity contribution in [3.8, 4) is 0 Å². The predicted octanol–water partition coefficient (Wildman–Crippen LogP) is 1.20. The molecule has 1 saturated heterocycles. The Hall–Kier alpha value is -0.270. The molecule has 0 amide bonds. The van der Waals surface area contributed by atoms with Crippen molar-refractivity contribution in [1.82, 2.24) is 4.31 Å². The van der Waals surface area contributed by atoms with Crippen LogP contribution >= 0.6 is 11.8 Å². The molecule has 7 heteroatoms. The van der Waals surface area contributed by atoms with Crippen LogP contribution in [0.1, 0.15) is 20.8 Å². The Morgan fingerprint density at radius 3 is 2.58 bits per heavy atom. The van der Waals surface area contributed by atoms with Gasteiger partial charge in [0.2, 0.25) is 10.0 Å². The summed E-state index contributed by atoms with van der Waals surface area (Å²) >= 11 is 1.82. The highest BCUT2D eigenvalue weighted by molar-refractivity contribution is 8.00. The Bertz CT molecular complexity index is 408. The maximum atomic E-state index is 12.3. The number of carbonyl (C=O) groups excluding carboxylic acids is 1. The quantitative estimate of drug-likeness (QED) is 0.714. The molecule has 1 heterocycles. The lowest BCUT2D eigenvalue weighted by molar-refractivity contribution is -0.144. The molecule has 1 aliphatic rings. The van der Waals surface area contributed by atoms with Crippen LogP contribution in [0.2, 0.25) is 0 Å². The van der Waals surface area contributed by atoms with Crippen molar-refractivity contribution in [3.05, 3.63) is 0 Å². The molecule has 19 heavy (non-hydrogen) atoms. The van der Waals surface area contributed by atoms with Gasteiger partial charge in [-0.1, -0.05) is 20.8 Å². The number of nitrogens with zero attached hydrogens (tertiary/aromatic N) is 1. The highest BCUT2D eigenvalue weighted by Crippen LogP contribution is 2.27. The third kappa shape index (κ3) is 4.65. The molecule has 1 fully saturated rings. The van der Waals surface area contributed by atoms with Crippen LogP contribution in [0.25, 0.3) is 0 Å². The first-order chi connectivity index (χ1) is 8.77. The van der Waals surface area contributed by atoms with E-state index in [2.05, 4.69) is 18.6 Å². The van der Waals surface area contributed by atoms with Crippen LogP contribution in [0.4, 0.5) is 0 Å². The first-order valence-electron chi connectivity index (χ1n) is 6.45. The van der Waals surface area contributed by atoms with Crippen molar-refractivity contribution in [1.29, 1.82) is 0 Å². The molecule has 0 bridgehead atoms. The number of methoxy groups -OCH3 is 1. The molecule has 0 radical (unpaired) electrons. The lowest BCUT2D eigenvalue weighted by Crippen LogP contribution is -2.45. The van der Waals surface area contributed by atoms with Crippen LogP contribution in [-0.4, -0.2) is 55.6 Å². The van der Waals surface area contributed by atoms with Crippen LogP contribution in [0, 0.1) is 11.8 Å². The Morgan fingerprint density at radius 1 is 1.42 bits per heavy atom. The molecular weight excluding hydrogens is 286 g/mol. The van der Waals surface area contributed by atoms with Gasteiger partial charge in [-0.25, -0.2) is 8.42 Å². The minimum atomic E-state index is -3.38. The topological polar surface area (TPSA) is 63.7 Å². The summed E-state index contributed by atoms with van der Waals surface area (Å²) < 4.78 is 30.7. The summed E-state index contributed by atoms with van der Waals surface area (Å²) in [6.07, 6.45) is 0. The van der Waals surface area contributed by atoms with E-state index in [0.29, 0.717) is 24.3 Å². The van der Waals surface area contributed by atoms with E-state index in [4.69, 9.17) is 0 Å². The molecule has 1 rings (SSSR count). The third-order valence-corrected chi connectivity index (χ3v) is 6.84. The summed E-state index contributed by atoms with van der Waals surface area (Å²) in [5.41, 5.74) is 0. The number of esters is 1. The van der Waals surface area contributed by atoms with E-state index in [1.54, 1.807) is 6.92 Å². The zero-order valence-corrected chi connectivity index (χ0v) is 13.6. The monoisotopic (exact) mass is 309 g/mol. The van der Waals surface area contributed by atoms with Gasteiger partial charge in [0, 0.05) is 24.1 Å². The van der Waals surface area contributed by atoms with Crippen LogP contribution in [-0.2, 0) is 19.6 Å². The summed E-state index contributed by atoms with van der Waals surface area (Å²) in [5, 5.41) is 0.331. The standard InChI is InChI=1S/C12H23NO4S2/c1-9(2)11-7-13(5-6-18-11)19(15,16)8-10(3)12(14)17-4/h9-11H,5-8H2,1-4H3/t10-,11+/m0/s1. The van der Waals surface area contributed by atoms with Gasteiger partial charge in [-0.05, 0) is 5.92 Å². The lowest BCUT2D eigenvalue weighted by Gasteiger charge is -2.33. The highest BCUT2D eigenvalue weighted by atomic mass is 32.2. The minimum Gasteiger partial charge on any atom is -0.469 e. The van der Waals surface area contributed by atoms with Gasteiger partial charge < -0.3 is 4.74 Å². The van der Waals surface area contributed by atoms with Crippen molar-refractivity contribution < 1.29 is 17.9 Å². The van der Waals surface area contributed by atoms with Crippen LogP contribution in [0.5, 0.6) is 0 Å². The third-order valence-electron chi connectivity index (χ3n) is 3.26. The molecule has 0 aromatic rings.